The molecule has 4 rings (SSSR count). The lowest BCUT2D eigenvalue weighted by atomic mass is 10.0. The van der Waals surface area contributed by atoms with Crippen molar-refractivity contribution in [2.24, 2.45) is 0 Å². The van der Waals surface area contributed by atoms with Crippen LogP contribution >= 0.6 is 11.6 Å². The minimum Gasteiger partial charge on any atom is -0.384 e. The molecule has 3 N–H and O–H groups in total. The lowest BCUT2D eigenvalue weighted by Gasteiger charge is -2.08. The topological polar surface area (TPSA) is 81.7 Å². The van der Waals surface area contributed by atoms with Crippen LogP contribution in [0.5, 0.6) is 0 Å². The summed E-state index contributed by atoms with van der Waals surface area (Å²) in [6.45, 7) is 5.02. The number of nitrogens with two attached hydrogens (primary N) is 1. The molecule has 23 heavy (non-hydrogen) atoms. The van der Waals surface area contributed by atoms with E-state index >= 15 is 0 Å². The van der Waals surface area contributed by atoms with Gasteiger partial charge in [-0.15, -0.1) is 0 Å². The molecule has 0 aliphatic carbocycles. The summed E-state index contributed by atoms with van der Waals surface area (Å²) in [5.41, 5.74) is 10.7. The second-order valence-electron chi connectivity index (χ2n) is 5.97. The number of aromatic nitrogens is 4. The number of anilines is 2. The van der Waals surface area contributed by atoms with Gasteiger partial charge in [-0.3, -0.25) is 0 Å². The first-order valence-corrected chi connectivity index (χ1v) is 8.00. The molecule has 0 saturated heterocycles. The van der Waals surface area contributed by atoms with Gasteiger partial charge in [0.05, 0.1) is 10.4 Å². The third-order valence-corrected chi connectivity index (χ3v) is 4.63. The molecule has 1 aliphatic rings. The van der Waals surface area contributed by atoms with Gasteiger partial charge in [-0.05, 0) is 38.0 Å². The van der Waals surface area contributed by atoms with Gasteiger partial charge in [-0.1, -0.05) is 11.6 Å². The zero-order chi connectivity index (χ0) is 16.1. The summed E-state index contributed by atoms with van der Waals surface area (Å²) < 4.78 is 1.87. The maximum absolute atomic E-state index is 6.66. The van der Waals surface area contributed by atoms with Gasteiger partial charge >= 0.3 is 0 Å². The van der Waals surface area contributed by atoms with Gasteiger partial charge in [-0.2, -0.15) is 5.10 Å². The monoisotopic (exact) mass is 328 g/mol. The molecule has 0 fully saturated rings. The average molecular weight is 329 g/mol. The van der Waals surface area contributed by atoms with Crippen molar-refractivity contribution < 1.29 is 0 Å². The number of halogens is 1. The molecular formula is C16H17ClN6. The number of benzene rings is 1. The Morgan fingerprint density at radius 1 is 1.30 bits per heavy atom. The predicted molar refractivity (Wildman–Crippen MR) is 92.8 cm³/mol. The van der Waals surface area contributed by atoms with Gasteiger partial charge < -0.3 is 11.1 Å². The molecule has 0 radical (unpaired) electrons. The van der Waals surface area contributed by atoms with Crippen LogP contribution < -0.4 is 11.1 Å². The molecule has 1 aliphatic heterocycles. The van der Waals surface area contributed by atoms with Crippen molar-refractivity contribution in [3.63, 3.8) is 0 Å². The number of rotatable bonds is 2. The summed E-state index contributed by atoms with van der Waals surface area (Å²) in [4.78, 5) is 8.49. The van der Waals surface area contributed by atoms with E-state index in [-0.39, 0.29) is 6.04 Å². The van der Waals surface area contributed by atoms with Gasteiger partial charge in [0.25, 0.3) is 0 Å². The Bertz CT molecular complexity index is 915. The molecule has 7 heteroatoms. The molecule has 0 saturated carbocycles. The van der Waals surface area contributed by atoms with Gasteiger partial charge in [0, 0.05) is 23.8 Å². The second-order valence-corrected chi connectivity index (χ2v) is 6.35. The summed E-state index contributed by atoms with van der Waals surface area (Å²) in [7, 11) is 0. The third-order valence-electron chi connectivity index (χ3n) is 4.20. The summed E-state index contributed by atoms with van der Waals surface area (Å²) in [6, 6.07) is 4.19. The molecular weight excluding hydrogens is 312 g/mol. The van der Waals surface area contributed by atoms with Gasteiger partial charge in [0.15, 0.2) is 5.65 Å². The van der Waals surface area contributed by atoms with Crippen LogP contribution in [-0.2, 0) is 6.42 Å². The van der Waals surface area contributed by atoms with E-state index in [1.807, 2.05) is 16.8 Å². The lowest BCUT2D eigenvalue weighted by Crippen LogP contribution is -2.04. The third kappa shape index (κ3) is 2.05. The van der Waals surface area contributed by atoms with Gasteiger partial charge in [0.1, 0.15) is 17.8 Å². The maximum Gasteiger partial charge on any atom is 0.164 e. The zero-order valence-electron chi connectivity index (χ0n) is 13.0. The zero-order valence-corrected chi connectivity index (χ0v) is 13.7. The summed E-state index contributed by atoms with van der Waals surface area (Å²) in [5.74, 6) is 0.423. The van der Waals surface area contributed by atoms with Crippen LogP contribution in [-0.4, -0.2) is 26.3 Å². The number of nitrogens with zero attached hydrogens (tertiary/aromatic N) is 4. The minimum atomic E-state index is 0.162. The highest BCUT2D eigenvalue weighted by molar-refractivity contribution is 6.35. The molecule has 0 amide bonds. The van der Waals surface area contributed by atoms with Crippen LogP contribution in [0.4, 0.5) is 11.5 Å². The van der Waals surface area contributed by atoms with Crippen LogP contribution in [0.1, 0.15) is 25.5 Å². The fourth-order valence-corrected chi connectivity index (χ4v) is 3.43. The van der Waals surface area contributed by atoms with Crippen LogP contribution in [0.25, 0.3) is 22.3 Å². The number of hydrogen-bond donors (Lipinski definition) is 2. The van der Waals surface area contributed by atoms with E-state index in [0.717, 1.165) is 51.5 Å². The lowest BCUT2D eigenvalue weighted by molar-refractivity contribution is 0.548. The highest BCUT2D eigenvalue weighted by atomic mass is 35.5. The Hall–Kier alpha value is -2.34. The van der Waals surface area contributed by atoms with Crippen LogP contribution in [0.15, 0.2) is 18.5 Å². The minimum absolute atomic E-state index is 0.162. The number of hydrogen-bond acceptors (Lipinski definition) is 5. The fraction of sp³-hybridized carbons (Fsp3) is 0.312. The first kappa shape index (κ1) is 14.3. The molecule has 0 unspecified atom stereocenters. The quantitative estimate of drug-likeness (QED) is 0.754. The van der Waals surface area contributed by atoms with Gasteiger partial charge in [-0.25, -0.2) is 14.6 Å². The van der Waals surface area contributed by atoms with Crippen molar-refractivity contribution in [1.29, 1.82) is 0 Å². The Morgan fingerprint density at radius 3 is 2.91 bits per heavy atom. The van der Waals surface area contributed by atoms with Crippen molar-refractivity contribution in [2.75, 3.05) is 17.6 Å². The molecule has 0 atom stereocenters. The summed E-state index contributed by atoms with van der Waals surface area (Å²) in [6.07, 6.45) is 2.38. The molecule has 118 valence electrons. The Labute approximate surface area is 138 Å². The van der Waals surface area contributed by atoms with E-state index in [1.54, 1.807) is 0 Å². The molecule has 0 bridgehead atoms. The van der Waals surface area contributed by atoms with Crippen LogP contribution in [0.3, 0.4) is 0 Å². The highest BCUT2D eigenvalue weighted by Crippen LogP contribution is 2.40. The molecule has 1 aromatic carbocycles. The van der Waals surface area contributed by atoms with Crippen molar-refractivity contribution in [3.05, 3.63) is 29.0 Å². The second kappa shape index (κ2) is 5.09. The van der Waals surface area contributed by atoms with Crippen molar-refractivity contribution in [2.45, 2.75) is 26.3 Å². The van der Waals surface area contributed by atoms with Crippen molar-refractivity contribution >= 4 is 34.1 Å². The molecule has 3 heterocycles. The first-order valence-electron chi connectivity index (χ1n) is 7.62. The average Bonchev–Trinajstić information content (AvgIpc) is 3.13. The van der Waals surface area contributed by atoms with Crippen LogP contribution in [0.2, 0.25) is 5.02 Å². The van der Waals surface area contributed by atoms with E-state index < -0.39 is 0 Å². The molecule has 3 aromatic rings. The Kier molecular flexibility index (Phi) is 3.16. The first-order chi connectivity index (χ1) is 11.1. The number of nitrogen functional groups attached to an aromatic ring is 1. The van der Waals surface area contributed by atoms with E-state index in [9.17, 15) is 0 Å². The summed E-state index contributed by atoms with van der Waals surface area (Å²) in [5, 5.41) is 9.55. The standard InChI is InChI=1S/C16H17ClN6/c1-8(2)23-16-12(15(18)20-7-21-16)14(22-23)10-3-4-11-9(13(10)17)5-6-19-11/h3-4,7-8,19H,5-6H2,1-2H3,(H2,18,20,21). The van der Waals surface area contributed by atoms with Crippen LogP contribution in [0, 0.1) is 0 Å². The number of nitrogens with one attached hydrogen (secondary N) is 1. The predicted octanol–water partition coefficient (Wildman–Crippen LogP) is 3.28. The van der Waals surface area contributed by atoms with E-state index in [2.05, 4.69) is 29.1 Å². The van der Waals surface area contributed by atoms with E-state index in [0.29, 0.717) is 5.82 Å². The molecule has 6 nitrogen and oxygen atoms in total. The Balaban J connectivity index is 2.04. The SMILES string of the molecule is CC(C)n1nc(-c2ccc3c(c2Cl)CCN3)c2c(N)ncnc21. The molecule has 2 aromatic heterocycles. The van der Waals surface area contributed by atoms with E-state index in [4.69, 9.17) is 22.4 Å². The highest BCUT2D eigenvalue weighted by Gasteiger charge is 2.23. The number of fused-ring (bicyclic) bond motifs is 2. The fourth-order valence-electron chi connectivity index (χ4n) is 3.08. The van der Waals surface area contributed by atoms with Crippen molar-refractivity contribution in [1.82, 2.24) is 19.7 Å². The smallest absolute Gasteiger partial charge is 0.164 e. The Morgan fingerprint density at radius 2 is 2.13 bits per heavy atom. The van der Waals surface area contributed by atoms with Gasteiger partial charge in [0.2, 0.25) is 0 Å². The van der Waals surface area contributed by atoms with E-state index in [1.165, 1.54) is 6.33 Å². The largest absolute Gasteiger partial charge is 0.384 e. The summed E-state index contributed by atoms with van der Waals surface area (Å²) >= 11 is 6.66. The maximum atomic E-state index is 6.66. The molecule has 0 spiro atoms. The van der Waals surface area contributed by atoms with Crippen molar-refractivity contribution in [3.8, 4) is 11.3 Å². The normalized spacial score (nSPS) is 13.6.